The molecule has 0 saturated carbocycles. The molecule has 5 heterocycles. The minimum Gasteiger partial charge on any atom is -0.494 e. The highest BCUT2D eigenvalue weighted by molar-refractivity contribution is 9.10. The van der Waals surface area contributed by atoms with Crippen molar-refractivity contribution in [3.63, 3.8) is 0 Å². The molecule has 3 N–H and O–H groups in total. The Balaban J connectivity index is 1.21. The van der Waals surface area contributed by atoms with Crippen molar-refractivity contribution in [2.75, 3.05) is 79.9 Å². The first kappa shape index (κ1) is 32.4. The second-order valence-corrected chi connectivity index (χ2v) is 13.7. The van der Waals surface area contributed by atoms with E-state index in [4.69, 9.17) is 9.72 Å². The van der Waals surface area contributed by atoms with Crippen LogP contribution in [-0.4, -0.2) is 99.7 Å². The van der Waals surface area contributed by atoms with Crippen LogP contribution in [0.4, 0.5) is 34.5 Å². The number of piperidine rings is 1. The van der Waals surface area contributed by atoms with Crippen LogP contribution >= 0.6 is 15.9 Å². The molecule has 0 spiro atoms. The zero-order chi connectivity index (χ0) is 32.2. The highest BCUT2D eigenvalue weighted by atomic mass is 79.9. The maximum Gasteiger partial charge on any atom is 0.229 e. The summed E-state index contributed by atoms with van der Waals surface area (Å²) < 4.78 is 21.7. The first-order chi connectivity index (χ1) is 22.3. The molecule has 12 nitrogen and oxygen atoms in total. The number of hydrogen-bond acceptors (Lipinski definition) is 11. The number of nitrogens with zero attached hydrogens (tertiary/aromatic N) is 7. The molecule has 0 radical (unpaired) electrons. The first-order valence-corrected chi connectivity index (χ1v) is 18.0. The molecule has 0 amide bonds. The molecule has 1 aromatic carbocycles. The lowest BCUT2D eigenvalue weighted by molar-refractivity contribution is 0.0982. The maximum atomic E-state index is 12.2. The number of benzene rings is 1. The molecule has 244 valence electrons. The fraction of sp³-hybridized carbons (Fsp3) is 0.438. The Bertz CT molecular complexity index is 1710. The number of likely N-dealkylation sites (N-methyl/N-ethyl adjacent to an activating group) is 1. The quantitative estimate of drug-likeness (QED) is 0.202. The molecule has 3 aromatic heterocycles. The molecule has 2 fully saturated rings. The van der Waals surface area contributed by atoms with Gasteiger partial charge in [-0.3, -0.25) is 14.9 Å². The minimum absolute atomic E-state index is 0.396. The van der Waals surface area contributed by atoms with E-state index in [0.29, 0.717) is 44.7 Å². The first-order valence-electron chi connectivity index (χ1n) is 15.6. The monoisotopic (exact) mass is 708 g/mol. The highest BCUT2D eigenvalue weighted by Gasteiger charge is 2.28. The van der Waals surface area contributed by atoms with Crippen LogP contribution in [0.25, 0.3) is 11.0 Å². The molecule has 4 aromatic rings. The number of nitrogens with one attached hydrogen (secondary N) is 3. The number of aryl methyl sites for hydroxylation is 1. The average molecular weight is 710 g/mol. The summed E-state index contributed by atoms with van der Waals surface area (Å²) in [6.07, 6.45) is 9.84. The zero-order valence-electron chi connectivity index (χ0n) is 26.7. The summed E-state index contributed by atoms with van der Waals surface area (Å²) >= 11 is 3.57. The van der Waals surface area contributed by atoms with Gasteiger partial charge in [0.15, 0.2) is 0 Å². The number of aromatic nitrogens is 4. The normalized spacial score (nSPS) is 17.2. The van der Waals surface area contributed by atoms with Crippen LogP contribution in [0, 0.1) is 0 Å². The number of pyridine rings is 2. The van der Waals surface area contributed by atoms with E-state index in [1.807, 2.05) is 12.1 Å². The number of hydrogen-bond donors (Lipinski definition) is 3. The van der Waals surface area contributed by atoms with Crippen molar-refractivity contribution in [1.82, 2.24) is 29.7 Å². The average Bonchev–Trinajstić information content (AvgIpc) is 3.07. The van der Waals surface area contributed by atoms with Gasteiger partial charge in [-0.1, -0.05) is 6.92 Å². The Labute approximate surface area is 281 Å². The van der Waals surface area contributed by atoms with Crippen molar-refractivity contribution in [2.24, 2.45) is 0 Å². The lowest BCUT2D eigenvalue weighted by Gasteiger charge is -2.43. The number of ether oxygens (including phenoxy) is 1. The van der Waals surface area contributed by atoms with E-state index < -0.39 is 11.0 Å². The predicted octanol–water partition coefficient (Wildman–Crippen LogP) is 5.16. The second kappa shape index (κ2) is 14.4. The zero-order valence-corrected chi connectivity index (χ0v) is 29.1. The van der Waals surface area contributed by atoms with E-state index in [0.717, 1.165) is 44.0 Å². The number of fused-ring (bicyclic) bond motifs is 1. The van der Waals surface area contributed by atoms with Gasteiger partial charge in [0, 0.05) is 75.7 Å². The van der Waals surface area contributed by atoms with Crippen LogP contribution in [-0.2, 0) is 17.4 Å². The van der Waals surface area contributed by atoms with Gasteiger partial charge in [0.25, 0.3) is 0 Å². The topological polar surface area (TPSA) is 124 Å². The fourth-order valence-corrected chi connectivity index (χ4v) is 7.03. The molecular weight excluding hydrogens is 668 g/mol. The summed E-state index contributed by atoms with van der Waals surface area (Å²) in [6, 6.07) is 8.63. The van der Waals surface area contributed by atoms with Crippen LogP contribution in [0.2, 0.25) is 0 Å². The van der Waals surface area contributed by atoms with Gasteiger partial charge in [0.1, 0.15) is 28.1 Å². The van der Waals surface area contributed by atoms with E-state index in [-0.39, 0.29) is 0 Å². The highest BCUT2D eigenvalue weighted by Crippen LogP contribution is 2.38. The third-order valence-electron chi connectivity index (χ3n) is 8.76. The molecule has 6 rings (SSSR count). The van der Waals surface area contributed by atoms with Gasteiger partial charge in [-0.05, 0) is 66.0 Å². The molecule has 2 aliphatic heterocycles. The number of rotatable bonds is 10. The molecule has 1 unspecified atom stereocenters. The molecular formula is C32H41BrN10O2S. The van der Waals surface area contributed by atoms with Gasteiger partial charge in [0.2, 0.25) is 5.95 Å². The Hall–Kier alpha value is -3.59. The number of methoxy groups -OCH3 is 1. The van der Waals surface area contributed by atoms with Gasteiger partial charge in [0.05, 0.1) is 40.4 Å². The van der Waals surface area contributed by atoms with E-state index in [1.54, 1.807) is 32.0 Å². The van der Waals surface area contributed by atoms with Crippen LogP contribution in [0.5, 0.6) is 5.75 Å². The van der Waals surface area contributed by atoms with E-state index in [1.165, 1.54) is 37.2 Å². The van der Waals surface area contributed by atoms with Gasteiger partial charge in [-0.25, -0.2) is 9.19 Å². The molecule has 2 aliphatic rings. The van der Waals surface area contributed by atoms with Crippen molar-refractivity contribution in [1.29, 1.82) is 0 Å². The Morgan fingerprint density at radius 3 is 2.52 bits per heavy atom. The van der Waals surface area contributed by atoms with Crippen LogP contribution in [0.15, 0.2) is 47.3 Å². The molecule has 14 heteroatoms. The lowest BCUT2D eigenvalue weighted by Crippen LogP contribution is -2.52. The fourth-order valence-electron chi connectivity index (χ4n) is 6.24. The maximum absolute atomic E-state index is 12.2. The summed E-state index contributed by atoms with van der Waals surface area (Å²) in [5.74, 6) is 1.64. The van der Waals surface area contributed by atoms with E-state index in [2.05, 4.69) is 87.0 Å². The second-order valence-electron chi connectivity index (χ2n) is 11.7. The Morgan fingerprint density at radius 1 is 1.02 bits per heavy atom. The van der Waals surface area contributed by atoms with Crippen LogP contribution in [0.3, 0.4) is 0 Å². The molecule has 2 saturated heterocycles. The smallest absolute Gasteiger partial charge is 0.229 e. The Morgan fingerprint density at radius 2 is 1.80 bits per heavy atom. The largest absolute Gasteiger partial charge is 0.494 e. The third-order valence-corrected chi connectivity index (χ3v) is 9.83. The van der Waals surface area contributed by atoms with Gasteiger partial charge < -0.3 is 29.9 Å². The van der Waals surface area contributed by atoms with E-state index in [9.17, 15) is 4.21 Å². The summed E-state index contributed by atoms with van der Waals surface area (Å²) in [6.45, 7) is 8.90. The predicted molar refractivity (Wildman–Crippen MR) is 190 cm³/mol. The SMILES string of the molecule is CCc1cc(Nc2ncc(Br)c(Nc3cnc4cccnc4c3NS(C)=O)n2)c(OC)cc1N1CCC(N2CCN(C)CC2)CC1. The lowest BCUT2D eigenvalue weighted by atomic mass is 9.99. The molecule has 0 aliphatic carbocycles. The van der Waals surface area contributed by atoms with Crippen LogP contribution in [0.1, 0.15) is 25.3 Å². The number of piperazine rings is 1. The number of halogens is 1. The van der Waals surface area contributed by atoms with Gasteiger partial charge in [-0.2, -0.15) is 4.98 Å². The van der Waals surface area contributed by atoms with Crippen molar-refractivity contribution < 1.29 is 8.95 Å². The van der Waals surface area contributed by atoms with Gasteiger partial charge in [-0.15, -0.1) is 0 Å². The van der Waals surface area contributed by atoms with Crippen LogP contribution < -0.4 is 25.0 Å². The summed E-state index contributed by atoms with van der Waals surface area (Å²) in [7, 11) is 2.58. The van der Waals surface area contributed by atoms with Crippen molar-refractivity contribution in [2.45, 2.75) is 32.2 Å². The summed E-state index contributed by atoms with van der Waals surface area (Å²) in [5, 5.41) is 6.70. The number of anilines is 6. The molecule has 1 atom stereocenters. The minimum atomic E-state index is -1.33. The standard InChI is InChI=1S/C32H41BrN10O2S/c1-5-21-17-25(28(45-3)18-27(21)43-11-8-22(9-12-43)42-15-13-41(2)14-16-42)38-32-36-19-23(33)31(39-32)37-26-20-35-24-7-6-10-34-29(24)30(26)40-46(4)44/h6-7,10,17-20,22H,5,8-9,11-16H2,1-4H3,(H,35,40)(H2,36,37,38,39). The van der Waals surface area contributed by atoms with Crippen molar-refractivity contribution >= 4 is 72.5 Å². The molecule has 0 bridgehead atoms. The third kappa shape index (κ3) is 7.19. The van der Waals surface area contributed by atoms with Gasteiger partial charge >= 0.3 is 0 Å². The Kier molecular flexibility index (Phi) is 10.2. The van der Waals surface area contributed by atoms with Crippen molar-refractivity contribution in [3.8, 4) is 5.75 Å². The summed E-state index contributed by atoms with van der Waals surface area (Å²) in [4.78, 5) is 25.9. The van der Waals surface area contributed by atoms with E-state index >= 15 is 0 Å². The van der Waals surface area contributed by atoms with Crippen molar-refractivity contribution in [3.05, 3.63) is 52.9 Å². The molecule has 46 heavy (non-hydrogen) atoms. The summed E-state index contributed by atoms with van der Waals surface area (Å²) in [5.41, 5.74) is 5.71.